The van der Waals surface area contributed by atoms with Gasteiger partial charge in [0.15, 0.2) is 0 Å². The first-order valence-electron chi connectivity index (χ1n) is 16.3. The summed E-state index contributed by atoms with van der Waals surface area (Å²) in [4.78, 5) is 0. The molecule has 46 heavy (non-hydrogen) atoms. The molecule has 2 saturated carbocycles. The molecule has 2 aliphatic carbocycles. The monoisotopic (exact) mass is 636 g/mol. The summed E-state index contributed by atoms with van der Waals surface area (Å²) in [6, 6.07) is 0. The van der Waals surface area contributed by atoms with Gasteiger partial charge in [0, 0.05) is 23.7 Å². The van der Waals surface area contributed by atoms with Crippen LogP contribution in [0.3, 0.4) is 0 Å². The zero-order valence-electron chi connectivity index (χ0n) is 29.7. The molecule has 6 heteroatoms. The highest BCUT2D eigenvalue weighted by Gasteiger charge is 2.59. The molecule has 0 heterocycles. The molecular weight excluding hydrogens is 576 g/mol. The summed E-state index contributed by atoms with van der Waals surface area (Å²) in [5.74, 6) is 0. The molecule has 0 aliphatic heterocycles. The predicted octanol–water partition coefficient (Wildman–Crippen LogP) is 6.88. The Balaban J connectivity index is 1.97. The van der Waals surface area contributed by atoms with Gasteiger partial charge in [-0.3, -0.25) is 0 Å². The lowest BCUT2D eigenvalue weighted by Gasteiger charge is -2.54. The molecule has 0 aromatic carbocycles. The maximum atomic E-state index is 11.4. The number of hydrogen-bond acceptors (Lipinski definition) is 6. The molecule has 2 aliphatic rings. The van der Waals surface area contributed by atoms with Crippen molar-refractivity contribution in [3.63, 3.8) is 0 Å². The van der Waals surface area contributed by atoms with Crippen molar-refractivity contribution >= 4 is 0 Å². The maximum absolute atomic E-state index is 11.4. The summed E-state index contributed by atoms with van der Waals surface area (Å²) < 4.78 is 0. The fraction of sp³-hybridized carbons (Fsp3) is 0.550. The van der Waals surface area contributed by atoms with E-state index >= 15 is 0 Å². The van der Waals surface area contributed by atoms with E-state index < -0.39 is 45.4 Å². The molecule has 2 rings (SSSR count). The van der Waals surface area contributed by atoms with Gasteiger partial charge in [0.25, 0.3) is 0 Å². The first-order valence-corrected chi connectivity index (χ1v) is 16.3. The Labute approximate surface area is 278 Å². The third kappa shape index (κ3) is 9.50. The lowest BCUT2D eigenvalue weighted by molar-refractivity contribution is -0.217. The molecule has 0 spiro atoms. The van der Waals surface area contributed by atoms with Gasteiger partial charge in [-0.2, -0.15) is 0 Å². The van der Waals surface area contributed by atoms with Crippen LogP contribution in [-0.2, 0) is 0 Å². The van der Waals surface area contributed by atoms with Crippen LogP contribution in [0.15, 0.2) is 107 Å². The summed E-state index contributed by atoms with van der Waals surface area (Å²) in [5, 5.41) is 65.0. The zero-order valence-corrected chi connectivity index (χ0v) is 29.7. The van der Waals surface area contributed by atoms with E-state index in [9.17, 15) is 30.6 Å². The van der Waals surface area contributed by atoms with Gasteiger partial charge in [0.1, 0.15) is 11.2 Å². The van der Waals surface area contributed by atoms with E-state index in [0.29, 0.717) is 12.8 Å². The minimum Gasteiger partial charge on any atom is -0.393 e. The standard InChI is InChI=1S/C40H60O6/c1-29(17-13-19-31(3)21-23-39(45)35(5,6)25-33(41)27-37(39,9)43)15-11-12-16-30(2)18-14-20-32(4)22-24-40(46)36(7,8)26-34(42)28-38(40,10)44/h11-24,33-34,41-46H,25-28H2,1-10H3/b12-11+,17-13+,18-14+,23-21+,24-22+,29-15+,30-16+,31-19+,32-20+/t33-,34-,37+,38+,39-,40+/m0/s1. The van der Waals surface area contributed by atoms with Crippen molar-refractivity contribution in [1.82, 2.24) is 0 Å². The van der Waals surface area contributed by atoms with Gasteiger partial charge < -0.3 is 30.6 Å². The van der Waals surface area contributed by atoms with Crippen LogP contribution in [0.4, 0.5) is 0 Å². The second kappa shape index (κ2) is 15.1. The molecule has 6 N–H and O–H groups in total. The fourth-order valence-electron chi connectivity index (χ4n) is 6.98. The summed E-state index contributed by atoms with van der Waals surface area (Å²) in [6.07, 6.45) is 26.5. The average Bonchev–Trinajstić information content (AvgIpc) is 2.89. The molecule has 0 aromatic rings. The molecule has 6 atom stereocenters. The molecule has 0 aromatic heterocycles. The van der Waals surface area contributed by atoms with Gasteiger partial charge in [-0.15, -0.1) is 0 Å². The van der Waals surface area contributed by atoms with Gasteiger partial charge in [0.2, 0.25) is 0 Å². The maximum Gasteiger partial charge on any atom is 0.117 e. The summed E-state index contributed by atoms with van der Waals surface area (Å²) in [6.45, 7) is 18.5. The van der Waals surface area contributed by atoms with Crippen LogP contribution in [0.5, 0.6) is 0 Å². The van der Waals surface area contributed by atoms with E-state index in [2.05, 4.69) is 0 Å². The van der Waals surface area contributed by atoms with Crippen LogP contribution in [0, 0.1) is 10.8 Å². The molecule has 0 radical (unpaired) electrons. The van der Waals surface area contributed by atoms with E-state index in [-0.39, 0.29) is 12.8 Å². The van der Waals surface area contributed by atoms with Gasteiger partial charge in [0.05, 0.1) is 23.4 Å². The Morgan fingerprint density at radius 2 is 0.739 bits per heavy atom. The number of hydrogen-bond donors (Lipinski definition) is 6. The minimum atomic E-state index is -1.46. The van der Waals surface area contributed by atoms with Crippen molar-refractivity contribution < 1.29 is 30.6 Å². The van der Waals surface area contributed by atoms with Gasteiger partial charge in [-0.05, 0) is 66.5 Å². The molecule has 0 unspecified atom stereocenters. The van der Waals surface area contributed by atoms with Crippen LogP contribution in [-0.4, -0.2) is 65.3 Å². The Morgan fingerprint density at radius 1 is 0.457 bits per heavy atom. The second-order valence-electron chi connectivity index (χ2n) is 15.4. The Kier molecular flexibility index (Phi) is 13.0. The average molecular weight is 637 g/mol. The van der Waals surface area contributed by atoms with Crippen molar-refractivity contribution in [3.8, 4) is 0 Å². The number of rotatable bonds is 10. The molecule has 0 bridgehead atoms. The van der Waals surface area contributed by atoms with Crippen LogP contribution in [0.2, 0.25) is 0 Å². The Bertz CT molecular complexity index is 1200. The predicted molar refractivity (Wildman–Crippen MR) is 190 cm³/mol. The van der Waals surface area contributed by atoms with E-state index in [1.807, 2.05) is 128 Å². The van der Waals surface area contributed by atoms with Crippen molar-refractivity contribution in [3.05, 3.63) is 107 Å². The molecule has 256 valence electrons. The Morgan fingerprint density at radius 3 is 1.04 bits per heavy atom. The van der Waals surface area contributed by atoms with Gasteiger partial charge in [-0.25, -0.2) is 0 Å². The number of aliphatic hydroxyl groups excluding tert-OH is 2. The molecule has 0 amide bonds. The highest BCUT2D eigenvalue weighted by Crippen LogP contribution is 2.51. The fourth-order valence-corrected chi connectivity index (χ4v) is 6.98. The van der Waals surface area contributed by atoms with Crippen LogP contribution in [0.25, 0.3) is 0 Å². The summed E-state index contributed by atoms with van der Waals surface area (Å²) >= 11 is 0. The first-order chi connectivity index (χ1) is 21.0. The first kappa shape index (κ1) is 39.6. The number of aliphatic hydroxyl groups is 6. The SMILES string of the molecule is CC(/C=C/C=C(C)/C=C/[C@@]1(O)C(C)(C)C[C@H](O)C[C@@]1(C)O)=C\C=C\C=C(C)\C=C\C=C(C)\C=C\[C@]1(O)C(C)(C)C[C@H](O)C[C@@]1(C)O. The lowest BCUT2D eigenvalue weighted by atomic mass is 9.57. The third-order valence-electron chi connectivity index (χ3n) is 9.90. The largest absolute Gasteiger partial charge is 0.393 e. The van der Waals surface area contributed by atoms with Crippen molar-refractivity contribution in [2.24, 2.45) is 10.8 Å². The van der Waals surface area contributed by atoms with Crippen molar-refractivity contribution in [1.29, 1.82) is 0 Å². The zero-order chi connectivity index (χ0) is 35.2. The lowest BCUT2D eigenvalue weighted by Crippen LogP contribution is -2.65. The quantitative estimate of drug-likeness (QED) is 0.146. The molecule has 2 fully saturated rings. The van der Waals surface area contributed by atoms with Crippen molar-refractivity contribution in [2.45, 2.75) is 130 Å². The topological polar surface area (TPSA) is 121 Å². The van der Waals surface area contributed by atoms with Crippen LogP contribution in [0.1, 0.15) is 94.9 Å². The van der Waals surface area contributed by atoms with Gasteiger partial charge >= 0.3 is 0 Å². The normalized spacial score (nSPS) is 36.7. The third-order valence-corrected chi connectivity index (χ3v) is 9.90. The summed E-state index contributed by atoms with van der Waals surface area (Å²) in [7, 11) is 0. The molecule has 0 saturated heterocycles. The molecule has 6 nitrogen and oxygen atoms in total. The highest BCUT2D eigenvalue weighted by atomic mass is 16.4. The minimum absolute atomic E-state index is 0.126. The Hall–Kier alpha value is -2.58. The van der Waals surface area contributed by atoms with E-state index in [0.717, 1.165) is 22.3 Å². The van der Waals surface area contributed by atoms with E-state index in [1.165, 1.54) is 0 Å². The van der Waals surface area contributed by atoms with E-state index in [1.54, 1.807) is 26.0 Å². The van der Waals surface area contributed by atoms with E-state index in [4.69, 9.17) is 0 Å². The number of allylic oxidation sites excluding steroid dienone is 16. The summed E-state index contributed by atoms with van der Waals surface area (Å²) in [5.41, 5.74) is -3.18. The van der Waals surface area contributed by atoms with Crippen LogP contribution < -0.4 is 0 Å². The smallest absolute Gasteiger partial charge is 0.117 e. The van der Waals surface area contributed by atoms with Gasteiger partial charge in [-0.1, -0.05) is 123 Å². The molecular formula is C40H60O6. The second-order valence-corrected chi connectivity index (χ2v) is 15.4. The van der Waals surface area contributed by atoms with Crippen LogP contribution >= 0.6 is 0 Å². The van der Waals surface area contributed by atoms with Crippen molar-refractivity contribution in [2.75, 3.05) is 0 Å². The highest BCUT2D eigenvalue weighted by molar-refractivity contribution is 5.34.